The minimum absolute atomic E-state index is 0.338. The van der Waals surface area contributed by atoms with Crippen LogP contribution in [0.3, 0.4) is 0 Å². The molecule has 1 heterocycles. The SMILES string of the molecule is NCC(O)CCc1ccsc1. The van der Waals surface area contributed by atoms with Crippen LogP contribution >= 0.6 is 11.3 Å². The third kappa shape index (κ3) is 3.01. The van der Waals surface area contributed by atoms with Crippen LogP contribution in [0.15, 0.2) is 16.8 Å². The molecule has 1 aromatic heterocycles. The topological polar surface area (TPSA) is 46.2 Å². The molecule has 3 N–H and O–H groups in total. The number of hydrogen-bond donors (Lipinski definition) is 2. The van der Waals surface area contributed by atoms with Crippen LogP contribution in [-0.2, 0) is 6.42 Å². The molecule has 3 heteroatoms. The maximum absolute atomic E-state index is 9.14. The molecule has 1 atom stereocenters. The van der Waals surface area contributed by atoms with Crippen LogP contribution in [0.25, 0.3) is 0 Å². The molecule has 0 spiro atoms. The van der Waals surface area contributed by atoms with E-state index in [4.69, 9.17) is 10.8 Å². The van der Waals surface area contributed by atoms with Crippen LogP contribution in [-0.4, -0.2) is 17.8 Å². The zero-order valence-electron chi connectivity index (χ0n) is 6.36. The number of hydrogen-bond acceptors (Lipinski definition) is 3. The molecular formula is C8H13NOS. The number of aliphatic hydroxyl groups is 1. The van der Waals surface area contributed by atoms with E-state index in [1.165, 1.54) is 5.56 Å². The first kappa shape index (κ1) is 8.71. The quantitative estimate of drug-likeness (QED) is 0.710. The molecule has 2 nitrogen and oxygen atoms in total. The molecule has 0 aromatic carbocycles. The Morgan fingerprint density at radius 2 is 2.45 bits per heavy atom. The molecule has 0 saturated carbocycles. The third-order valence-corrected chi connectivity index (χ3v) is 2.35. The average molecular weight is 171 g/mol. The first-order valence-corrected chi connectivity index (χ1v) is 4.66. The molecule has 0 aliphatic rings. The maximum Gasteiger partial charge on any atom is 0.0665 e. The van der Waals surface area contributed by atoms with E-state index >= 15 is 0 Å². The van der Waals surface area contributed by atoms with Gasteiger partial charge in [0.1, 0.15) is 0 Å². The van der Waals surface area contributed by atoms with E-state index in [0.29, 0.717) is 6.54 Å². The fraction of sp³-hybridized carbons (Fsp3) is 0.500. The number of rotatable bonds is 4. The van der Waals surface area contributed by atoms with E-state index in [0.717, 1.165) is 12.8 Å². The summed E-state index contributed by atoms with van der Waals surface area (Å²) in [4.78, 5) is 0. The summed E-state index contributed by atoms with van der Waals surface area (Å²) >= 11 is 1.69. The Hall–Kier alpha value is -0.380. The summed E-state index contributed by atoms with van der Waals surface area (Å²) in [6, 6.07) is 2.08. The van der Waals surface area contributed by atoms with Gasteiger partial charge in [0.25, 0.3) is 0 Å². The van der Waals surface area contributed by atoms with Crippen molar-refractivity contribution in [1.82, 2.24) is 0 Å². The molecule has 0 amide bonds. The molecule has 0 saturated heterocycles. The Morgan fingerprint density at radius 3 is 3.00 bits per heavy atom. The second kappa shape index (κ2) is 4.49. The fourth-order valence-electron chi connectivity index (χ4n) is 0.886. The summed E-state index contributed by atoms with van der Waals surface area (Å²) in [5.74, 6) is 0. The third-order valence-electron chi connectivity index (χ3n) is 1.62. The molecule has 0 aliphatic heterocycles. The smallest absolute Gasteiger partial charge is 0.0665 e. The van der Waals surface area contributed by atoms with E-state index in [1.807, 2.05) is 5.38 Å². The van der Waals surface area contributed by atoms with Crippen LogP contribution in [0.4, 0.5) is 0 Å². The van der Waals surface area contributed by atoms with Gasteiger partial charge in [0.05, 0.1) is 6.10 Å². The van der Waals surface area contributed by atoms with E-state index in [1.54, 1.807) is 11.3 Å². The second-order valence-corrected chi connectivity index (χ2v) is 3.34. The first-order chi connectivity index (χ1) is 5.33. The van der Waals surface area contributed by atoms with Crippen LogP contribution in [0.5, 0.6) is 0 Å². The molecule has 0 radical (unpaired) electrons. The molecule has 62 valence electrons. The van der Waals surface area contributed by atoms with E-state index in [9.17, 15) is 0 Å². The monoisotopic (exact) mass is 171 g/mol. The summed E-state index contributed by atoms with van der Waals surface area (Å²) in [5.41, 5.74) is 6.56. The zero-order chi connectivity index (χ0) is 8.10. The van der Waals surface area contributed by atoms with Gasteiger partial charge in [0.2, 0.25) is 0 Å². The molecule has 11 heavy (non-hydrogen) atoms. The molecule has 1 rings (SSSR count). The lowest BCUT2D eigenvalue weighted by Gasteiger charge is -2.04. The standard InChI is InChI=1S/C8H13NOS/c9-5-8(10)2-1-7-3-4-11-6-7/h3-4,6,8,10H,1-2,5,9H2. The highest BCUT2D eigenvalue weighted by atomic mass is 32.1. The fourth-order valence-corrected chi connectivity index (χ4v) is 1.59. The largest absolute Gasteiger partial charge is 0.392 e. The number of nitrogens with two attached hydrogens (primary N) is 1. The Kier molecular flexibility index (Phi) is 3.56. The van der Waals surface area contributed by atoms with Gasteiger partial charge in [0.15, 0.2) is 0 Å². The van der Waals surface area contributed by atoms with Gasteiger partial charge in [-0.15, -0.1) is 0 Å². The van der Waals surface area contributed by atoms with Crippen molar-refractivity contribution >= 4 is 11.3 Å². The van der Waals surface area contributed by atoms with E-state index in [2.05, 4.69) is 11.4 Å². The number of aryl methyl sites for hydroxylation is 1. The van der Waals surface area contributed by atoms with E-state index < -0.39 is 0 Å². The van der Waals surface area contributed by atoms with Gasteiger partial charge in [-0.2, -0.15) is 11.3 Å². The van der Waals surface area contributed by atoms with Crippen molar-refractivity contribution < 1.29 is 5.11 Å². The van der Waals surface area contributed by atoms with Gasteiger partial charge < -0.3 is 10.8 Å². The van der Waals surface area contributed by atoms with Gasteiger partial charge in [-0.25, -0.2) is 0 Å². The van der Waals surface area contributed by atoms with Gasteiger partial charge in [0, 0.05) is 6.54 Å². The van der Waals surface area contributed by atoms with Gasteiger partial charge in [-0.3, -0.25) is 0 Å². The van der Waals surface area contributed by atoms with Crippen molar-refractivity contribution in [2.45, 2.75) is 18.9 Å². The maximum atomic E-state index is 9.14. The summed E-state index contributed by atoms with van der Waals surface area (Å²) in [7, 11) is 0. The van der Waals surface area contributed by atoms with Crippen molar-refractivity contribution in [3.05, 3.63) is 22.4 Å². The normalized spacial score (nSPS) is 13.3. The lowest BCUT2D eigenvalue weighted by Crippen LogP contribution is -2.19. The predicted octanol–water partition coefficient (Wildman–Crippen LogP) is 1.00. The molecule has 0 aliphatic carbocycles. The molecule has 1 unspecified atom stereocenters. The lowest BCUT2D eigenvalue weighted by molar-refractivity contribution is 0.173. The first-order valence-electron chi connectivity index (χ1n) is 3.72. The summed E-state index contributed by atoms with van der Waals surface area (Å²) in [6.45, 7) is 0.365. The van der Waals surface area contributed by atoms with Crippen molar-refractivity contribution in [1.29, 1.82) is 0 Å². The highest BCUT2D eigenvalue weighted by Crippen LogP contribution is 2.09. The van der Waals surface area contributed by atoms with Crippen LogP contribution in [0.1, 0.15) is 12.0 Å². The minimum Gasteiger partial charge on any atom is -0.392 e. The Morgan fingerprint density at radius 1 is 1.64 bits per heavy atom. The molecule has 0 bridgehead atoms. The van der Waals surface area contributed by atoms with Crippen LogP contribution in [0, 0.1) is 0 Å². The molecule has 1 aromatic rings. The number of thiophene rings is 1. The summed E-state index contributed by atoms with van der Waals surface area (Å²) < 4.78 is 0. The number of aliphatic hydroxyl groups excluding tert-OH is 1. The van der Waals surface area contributed by atoms with Crippen molar-refractivity contribution in [3.63, 3.8) is 0 Å². The van der Waals surface area contributed by atoms with E-state index in [-0.39, 0.29) is 6.10 Å². The Bertz CT molecular complexity index is 186. The molecular weight excluding hydrogens is 158 g/mol. The molecule has 0 fully saturated rings. The van der Waals surface area contributed by atoms with Crippen molar-refractivity contribution in [2.24, 2.45) is 5.73 Å². The average Bonchev–Trinajstić information content (AvgIpc) is 2.52. The van der Waals surface area contributed by atoms with Crippen molar-refractivity contribution in [2.75, 3.05) is 6.54 Å². The van der Waals surface area contributed by atoms with Crippen molar-refractivity contribution in [3.8, 4) is 0 Å². The Labute approximate surface area is 70.7 Å². The summed E-state index contributed by atoms with van der Waals surface area (Å²) in [5, 5.41) is 13.3. The lowest BCUT2D eigenvalue weighted by atomic mass is 10.1. The predicted molar refractivity (Wildman–Crippen MR) is 47.7 cm³/mol. The highest BCUT2D eigenvalue weighted by molar-refractivity contribution is 7.07. The van der Waals surface area contributed by atoms with Gasteiger partial charge in [-0.05, 0) is 35.2 Å². The highest BCUT2D eigenvalue weighted by Gasteiger charge is 2.00. The minimum atomic E-state index is -0.338. The van der Waals surface area contributed by atoms with Gasteiger partial charge in [-0.1, -0.05) is 0 Å². The summed E-state index contributed by atoms with van der Waals surface area (Å²) in [6.07, 6.45) is 1.37. The Balaban J connectivity index is 2.23. The van der Waals surface area contributed by atoms with Gasteiger partial charge >= 0.3 is 0 Å². The van der Waals surface area contributed by atoms with Crippen LogP contribution in [0.2, 0.25) is 0 Å². The zero-order valence-corrected chi connectivity index (χ0v) is 7.18. The van der Waals surface area contributed by atoms with Crippen LogP contribution < -0.4 is 5.73 Å². The second-order valence-electron chi connectivity index (χ2n) is 2.56.